The number of aromatic hydroxyl groups is 1. The van der Waals surface area contributed by atoms with E-state index in [1.807, 2.05) is 6.07 Å². The number of likely N-dealkylation sites (N-methyl/N-ethyl adjacent to an activating group) is 1. The first kappa shape index (κ1) is 18.0. The van der Waals surface area contributed by atoms with E-state index >= 15 is 0 Å². The van der Waals surface area contributed by atoms with Crippen molar-refractivity contribution in [2.24, 2.45) is 5.92 Å². The Morgan fingerprint density at radius 1 is 1.23 bits per heavy atom. The largest absolute Gasteiger partial charge is 0.508 e. The standard InChI is InChI=1S/C16H24N2O4/c1-10(2)15(20)18-14(16(21)17-4)11(3)22-9-12-6-5-7-13(19)8-12/h5-8,10-11,14,19H,9H2,1-4H3,(H,17,21)(H,18,20). The van der Waals surface area contributed by atoms with Gasteiger partial charge >= 0.3 is 0 Å². The zero-order chi connectivity index (χ0) is 16.7. The number of hydrogen-bond donors (Lipinski definition) is 3. The van der Waals surface area contributed by atoms with Crippen LogP contribution in [0.4, 0.5) is 0 Å². The third-order valence-corrected chi connectivity index (χ3v) is 3.24. The average Bonchev–Trinajstić information content (AvgIpc) is 2.49. The summed E-state index contributed by atoms with van der Waals surface area (Å²) >= 11 is 0. The van der Waals surface area contributed by atoms with Crippen molar-refractivity contribution in [1.29, 1.82) is 0 Å². The first-order valence-corrected chi connectivity index (χ1v) is 7.26. The zero-order valence-electron chi connectivity index (χ0n) is 13.4. The number of carbonyl (C=O) groups excluding carboxylic acids is 2. The number of phenols is 1. The lowest BCUT2D eigenvalue weighted by Crippen LogP contribution is -2.53. The van der Waals surface area contributed by atoms with E-state index in [0.29, 0.717) is 0 Å². The van der Waals surface area contributed by atoms with Gasteiger partial charge < -0.3 is 20.5 Å². The summed E-state index contributed by atoms with van der Waals surface area (Å²) in [4.78, 5) is 23.7. The second-order valence-corrected chi connectivity index (χ2v) is 5.44. The summed E-state index contributed by atoms with van der Waals surface area (Å²) in [5.41, 5.74) is 0.790. The molecule has 6 heteroatoms. The van der Waals surface area contributed by atoms with Crippen LogP contribution in [0.3, 0.4) is 0 Å². The Morgan fingerprint density at radius 2 is 1.91 bits per heavy atom. The molecule has 0 bridgehead atoms. The number of hydrogen-bond acceptors (Lipinski definition) is 4. The van der Waals surface area contributed by atoms with Crippen LogP contribution in [0.2, 0.25) is 0 Å². The molecule has 0 aliphatic rings. The molecule has 0 radical (unpaired) electrons. The van der Waals surface area contributed by atoms with Crippen LogP contribution in [0, 0.1) is 5.92 Å². The summed E-state index contributed by atoms with van der Waals surface area (Å²) in [5, 5.41) is 14.6. The molecule has 6 nitrogen and oxygen atoms in total. The van der Waals surface area contributed by atoms with Gasteiger partial charge in [0, 0.05) is 13.0 Å². The van der Waals surface area contributed by atoms with Crippen LogP contribution in [0.1, 0.15) is 26.3 Å². The molecule has 1 aromatic rings. The molecule has 0 spiro atoms. The number of benzene rings is 1. The van der Waals surface area contributed by atoms with Gasteiger partial charge in [0.2, 0.25) is 11.8 Å². The van der Waals surface area contributed by atoms with E-state index in [2.05, 4.69) is 10.6 Å². The summed E-state index contributed by atoms with van der Waals surface area (Å²) in [6.45, 7) is 5.48. The second-order valence-electron chi connectivity index (χ2n) is 5.44. The molecule has 1 aromatic carbocycles. The fourth-order valence-electron chi connectivity index (χ4n) is 1.84. The van der Waals surface area contributed by atoms with E-state index in [4.69, 9.17) is 4.74 Å². The SMILES string of the molecule is CNC(=O)C(NC(=O)C(C)C)C(C)OCc1cccc(O)c1. The van der Waals surface area contributed by atoms with Crippen LogP contribution < -0.4 is 10.6 Å². The first-order chi connectivity index (χ1) is 10.3. The number of nitrogens with one attached hydrogen (secondary N) is 2. The van der Waals surface area contributed by atoms with E-state index in [1.54, 1.807) is 39.0 Å². The van der Waals surface area contributed by atoms with Gasteiger partial charge in [0.05, 0.1) is 12.7 Å². The van der Waals surface area contributed by atoms with Gasteiger partial charge in [0.1, 0.15) is 11.8 Å². The van der Waals surface area contributed by atoms with Crippen molar-refractivity contribution in [3.8, 4) is 5.75 Å². The van der Waals surface area contributed by atoms with Crippen molar-refractivity contribution < 1.29 is 19.4 Å². The number of amides is 2. The lowest BCUT2D eigenvalue weighted by Gasteiger charge is -2.25. The van der Waals surface area contributed by atoms with Gasteiger partial charge in [-0.25, -0.2) is 0 Å². The Hall–Kier alpha value is -2.08. The molecule has 0 heterocycles. The molecule has 0 saturated carbocycles. The summed E-state index contributed by atoms with van der Waals surface area (Å²) in [5.74, 6) is -0.575. The van der Waals surface area contributed by atoms with Crippen molar-refractivity contribution in [3.05, 3.63) is 29.8 Å². The molecule has 0 fully saturated rings. The van der Waals surface area contributed by atoms with E-state index in [-0.39, 0.29) is 30.1 Å². The Kier molecular flexibility index (Phi) is 6.85. The van der Waals surface area contributed by atoms with E-state index in [1.165, 1.54) is 7.05 Å². The summed E-state index contributed by atoms with van der Waals surface area (Å²) in [6, 6.07) is 5.93. The first-order valence-electron chi connectivity index (χ1n) is 7.26. The minimum Gasteiger partial charge on any atom is -0.508 e. The van der Waals surface area contributed by atoms with Crippen LogP contribution in [0.15, 0.2) is 24.3 Å². The highest BCUT2D eigenvalue weighted by Crippen LogP contribution is 2.13. The molecule has 0 aromatic heterocycles. The summed E-state index contributed by atoms with van der Waals surface area (Å²) in [7, 11) is 1.51. The molecule has 122 valence electrons. The highest BCUT2D eigenvalue weighted by molar-refractivity contribution is 5.88. The predicted octanol–water partition coefficient (Wildman–Crippen LogP) is 1.18. The lowest BCUT2D eigenvalue weighted by atomic mass is 10.1. The van der Waals surface area contributed by atoms with Gasteiger partial charge in [-0.2, -0.15) is 0 Å². The Bertz CT molecular complexity index is 517. The third kappa shape index (κ3) is 5.37. The minimum atomic E-state index is -0.766. The maximum Gasteiger partial charge on any atom is 0.245 e. The fourth-order valence-corrected chi connectivity index (χ4v) is 1.84. The molecule has 2 amide bonds. The number of rotatable bonds is 7. The smallest absolute Gasteiger partial charge is 0.245 e. The van der Waals surface area contributed by atoms with Crippen molar-refractivity contribution >= 4 is 11.8 Å². The highest BCUT2D eigenvalue weighted by atomic mass is 16.5. The van der Waals surface area contributed by atoms with Crippen molar-refractivity contribution in [1.82, 2.24) is 10.6 Å². The Labute approximate surface area is 130 Å². The average molecular weight is 308 g/mol. The maximum atomic E-state index is 11.9. The van der Waals surface area contributed by atoms with Gasteiger partial charge in [-0.05, 0) is 24.6 Å². The highest BCUT2D eigenvalue weighted by Gasteiger charge is 2.27. The van der Waals surface area contributed by atoms with Crippen LogP contribution >= 0.6 is 0 Å². The van der Waals surface area contributed by atoms with Gasteiger partial charge in [0.25, 0.3) is 0 Å². The summed E-state index contributed by atoms with van der Waals surface area (Å²) < 4.78 is 5.66. The molecule has 0 saturated heterocycles. The molecular weight excluding hydrogens is 284 g/mol. The molecule has 1 rings (SSSR count). The van der Waals surface area contributed by atoms with Gasteiger partial charge in [-0.15, -0.1) is 0 Å². The zero-order valence-corrected chi connectivity index (χ0v) is 13.4. The monoisotopic (exact) mass is 308 g/mol. The van der Waals surface area contributed by atoms with Gasteiger partial charge in [0.15, 0.2) is 0 Å². The third-order valence-electron chi connectivity index (χ3n) is 3.24. The normalized spacial score (nSPS) is 13.5. The van der Waals surface area contributed by atoms with Crippen molar-refractivity contribution in [2.45, 2.75) is 39.5 Å². The van der Waals surface area contributed by atoms with Crippen LogP contribution in [-0.2, 0) is 20.9 Å². The molecule has 2 atom stereocenters. The number of phenolic OH excluding ortho intramolecular Hbond substituents is 1. The van der Waals surface area contributed by atoms with Crippen molar-refractivity contribution in [2.75, 3.05) is 7.05 Å². The lowest BCUT2D eigenvalue weighted by molar-refractivity contribution is -0.134. The second kappa shape index (κ2) is 8.38. The van der Waals surface area contributed by atoms with Gasteiger partial charge in [-0.1, -0.05) is 26.0 Å². The number of carbonyl (C=O) groups is 2. The molecular formula is C16H24N2O4. The Balaban J connectivity index is 2.69. The summed E-state index contributed by atoms with van der Waals surface area (Å²) in [6.07, 6.45) is -0.509. The predicted molar refractivity (Wildman–Crippen MR) is 83.2 cm³/mol. The topological polar surface area (TPSA) is 87.7 Å². The molecule has 3 N–H and O–H groups in total. The van der Waals surface area contributed by atoms with E-state index in [0.717, 1.165) is 5.56 Å². The fraction of sp³-hybridized carbons (Fsp3) is 0.500. The van der Waals surface area contributed by atoms with Crippen LogP contribution in [0.25, 0.3) is 0 Å². The molecule has 0 aliphatic heterocycles. The molecule has 2 unspecified atom stereocenters. The van der Waals surface area contributed by atoms with Crippen LogP contribution in [0.5, 0.6) is 5.75 Å². The molecule has 22 heavy (non-hydrogen) atoms. The van der Waals surface area contributed by atoms with E-state index < -0.39 is 12.1 Å². The quantitative estimate of drug-likeness (QED) is 0.706. The Morgan fingerprint density at radius 3 is 2.45 bits per heavy atom. The van der Waals surface area contributed by atoms with Crippen molar-refractivity contribution in [3.63, 3.8) is 0 Å². The van der Waals surface area contributed by atoms with Gasteiger partial charge in [-0.3, -0.25) is 9.59 Å². The minimum absolute atomic E-state index is 0.157. The molecule has 0 aliphatic carbocycles. The number of ether oxygens (including phenoxy) is 1. The van der Waals surface area contributed by atoms with E-state index in [9.17, 15) is 14.7 Å². The maximum absolute atomic E-state index is 11.9. The van der Waals surface area contributed by atoms with Crippen LogP contribution in [-0.4, -0.2) is 36.1 Å².